The van der Waals surface area contributed by atoms with Crippen LogP contribution in [0.4, 0.5) is 0 Å². The molecular weight excluding hydrogens is 234 g/mol. The summed E-state index contributed by atoms with van der Waals surface area (Å²) in [5.41, 5.74) is 0.881. The third-order valence-electron chi connectivity index (χ3n) is 1.82. The van der Waals surface area contributed by atoms with E-state index in [0.717, 1.165) is 10.9 Å². The molecule has 1 aromatic heterocycles. The first-order valence-electron chi connectivity index (χ1n) is 4.02. The van der Waals surface area contributed by atoms with Crippen LogP contribution in [-0.2, 0) is 0 Å². The van der Waals surface area contributed by atoms with Crippen LogP contribution >= 0.6 is 15.9 Å². The van der Waals surface area contributed by atoms with Gasteiger partial charge in [0.2, 0.25) is 0 Å². The standard InChI is InChI=1S/C9H12BrNO2/c1-7-3-6-13-8(7)9(12)11(2)5-4-10/h3,6H,4-5H2,1-2H3. The summed E-state index contributed by atoms with van der Waals surface area (Å²) >= 11 is 3.28. The van der Waals surface area contributed by atoms with E-state index in [0.29, 0.717) is 12.3 Å². The molecule has 0 spiro atoms. The fourth-order valence-corrected chi connectivity index (χ4v) is 1.53. The summed E-state index contributed by atoms with van der Waals surface area (Å²) in [6.45, 7) is 2.54. The van der Waals surface area contributed by atoms with Crippen molar-refractivity contribution in [2.45, 2.75) is 6.92 Å². The average Bonchev–Trinajstić information content (AvgIpc) is 2.50. The highest BCUT2D eigenvalue weighted by atomic mass is 79.9. The van der Waals surface area contributed by atoms with Gasteiger partial charge in [0.25, 0.3) is 5.91 Å². The summed E-state index contributed by atoms with van der Waals surface area (Å²) < 4.78 is 5.09. The van der Waals surface area contributed by atoms with Gasteiger partial charge in [-0.3, -0.25) is 4.79 Å². The Morgan fingerprint density at radius 1 is 1.69 bits per heavy atom. The number of hydrogen-bond acceptors (Lipinski definition) is 2. The molecule has 0 aliphatic rings. The first-order chi connectivity index (χ1) is 6.16. The van der Waals surface area contributed by atoms with Crippen molar-refractivity contribution >= 4 is 21.8 Å². The van der Waals surface area contributed by atoms with E-state index in [9.17, 15) is 4.79 Å². The molecule has 1 aromatic rings. The van der Waals surface area contributed by atoms with Gasteiger partial charge in [0, 0.05) is 24.5 Å². The lowest BCUT2D eigenvalue weighted by atomic mass is 10.2. The van der Waals surface area contributed by atoms with E-state index < -0.39 is 0 Å². The van der Waals surface area contributed by atoms with Gasteiger partial charge in [0.05, 0.1) is 6.26 Å². The molecule has 0 atom stereocenters. The Morgan fingerprint density at radius 3 is 2.85 bits per heavy atom. The molecule has 1 rings (SSSR count). The van der Waals surface area contributed by atoms with Gasteiger partial charge in [-0.05, 0) is 13.0 Å². The number of aryl methyl sites for hydroxylation is 1. The average molecular weight is 246 g/mol. The van der Waals surface area contributed by atoms with E-state index in [-0.39, 0.29) is 5.91 Å². The van der Waals surface area contributed by atoms with Crippen molar-refractivity contribution in [3.05, 3.63) is 23.7 Å². The zero-order valence-electron chi connectivity index (χ0n) is 7.71. The highest BCUT2D eigenvalue weighted by Gasteiger charge is 2.16. The Kier molecular flexibility index (Phi) is 3.54. The van der Waals surface area contributed by atoms with Gasteiger partial charge in [0.15, 0.2) is 5.76 Å². The Balaban J connectivity index is 2.73. The summed E-state index contributed by atoms with van der Waals surface area (Å²) in [6, 6.07) is 1.79. The van der Waals surface area contributed by atoms with E-state index in [1.165, 1.54) is 6.26 Å². The van der Waals surface area contributed by atoms with Crippen LogP contribution in [0.15, 0.2) is 16.7 Å². The fraction of sp³-hybridized carbons (Fsp3) is 0.444. The third-order valence-corrected chi connectivity index (χ3v) is 2.18. The van der Waals surface area contributed by atoms with Gasteiger partial charge < -0.3 is 9.32 Å². The minimum absolute atomic E-state index is 0.0676. The lowest BCUT2D eigenvalue weighted by Gasteiger charge is -2.13. The summed E-state index contributed by atoms with van der Waals surface area (Å²) in [6.07, 6.45) is 1.53. The van der Waals surface area contributed by atoms with E-state index in [2.05, 4.69) is 15.9 Å². The number of rotatable bonds is 3. The van der Waals surface area contributed by atoms with Crippen molar-refractivity contribution < 1.29 is 9.21 Å². The van der Waals surface area contributed by atoms with Crippen LogP contribution in [0.2, 0.25) is 0 Å². The molecule has 1 heterocycles. The van der Waals surface area contributed by atoms with Crippen LogP contribution in [0, 0.1) is 6.92 Å². The molecule has 1 amide bonds. The van der Waals surface area contributed by atoms with Crippen molar-refractivity contribution in [2.75, 3.05) is 18.9 Å². The fourth-order valence-electron chi connectivity index (χ4n) is 0.994. The summed E-state index contributed by atoms with van der Waals surface area (Å²) in [7, 11) is 1.76. The molecular formula is C9H12BrNO2. The van der Waals surface area contributed by atoms with Gasteiger partial charge in [-0.2, -0.15) is 0 Å². The maximum Gasteiger partial charge on any atom is 0.289 e. The van der Waals surface area contributed by atoms with Crippen molar-refractivity contribution in [1.82, 2.24) is 4.90 Å². The highest BCUT2D eigenvalue weighted by molar-refractivity contribution is 9.09. The molecule has 0 bridgehead atoms. The Morgan fingerprint density at radius 2 is 2.38 bits per heavy atom. The van der Waals surface area contributed by atoms with Gasteiger partial charge in [-0.25, -0.2) is 0 Å². The second-order valence-electron chi connectivity index (χ2n) is 2.85. The zero-order valence-corrected chi connectivity index (χ0v) is 9.30. The molecule has 0 N–H and O–H groups in total. The highest BCUT2D eigenvalue weighted by Crippen LogP contribution is 2.10. The van der Waals surface area contributed by atoms with Crippen molar-refractivity contribution in [1.29, 1.82) is 0 Å². The monoisotopic (exact) mass is 245 g/mol. The minimum atomic E-state index is -0.0676. The molecule has 13 heavy (non-hydrogen) atoms. The van der Waals surface area contributed by atoms with Crippen LogP contribution < -0.4 is 0 Å². The summed E-state index contributed by atoms with van der Waals surface area (Å²) in [5, 5.41) is 0.773. The molecule has 4 heteroatoms. The topological polar surface area (TPSA) is 33.5 Å². The second-order valence-corrected chi connectivity index (χ2v) is 3.64. The minimum Gasteiger partial charge on any atom is -0.459 e. The SMILES string of the molecule is Cc1ccoc1C(=O)N(C)CCBr. The van der Waals surface area contributed by atoms with Gasteiger partial charge >= 0.3 is 0 Å². The third kappa shape index (κ3) is 2.34. The first kappa shape index (κ1) is 10.3. The van der Waals surface area contributed by atoms with Gasteiger partial charge in [0.1, 0.15) is 0 Å². The van der Waals surface area contributed by atoms with Crippen LogP contribution in [0.5, 0.6) is 0 Å². The Bertz CT molecular complexity index is 296. The molecule has 0 aliphatic heterocycles. The maximum atomic E-state index is 11.6. The van der Waals surface area contributed by atoms with Crippen LogP contribution in [0.25, 0.3) is 0 Å². The summed E-state index contributed by atoms with van der Waals surface area (Å²) in [5.74, 6) is 0.366. The van der Waals surface area contributed by atoms with Crippen LogP contribution in [-0.4, -0.2) is 29.7 Å². The van der Waals surface area contributed by atoms with Gasteiger partial charge in [-0.1, -0.05) is 15.9 Å². The van der Waals surface area contributed by atoms with Crippen LogP contribution in [0.3, 0.4) is 0 Å². The second kappa shape index (κ2) is 4.46. The molecule has 72 valence electrons. The number of halogens is 1. The lowest BCUT2D eigenvalue weighted by molar-refractivity contribution is 0.0772. The predicted molar refractivity (Wildman–Crippen MR) is 54.2 cm³/mol. The van der Waals surface area contributed by atoms with Crippen molar-refractivity contribution in [3.8, 4) is 0 Å². The number of alkyl halides is 1. The maximum absolute atomic E-state index is 11.6. The van der Waals surface area contributed by atoms with Crippen molar-refractivity contribution in [2.24, 2.45) is 0 Å². The number of carbonyl (C=O) groups excluding carboxylic acids is 1. The quantitative estimate of drug-likeness (QED) is 0.765. The molecule has 0 aromatic carbocycles. The summed E-state index contributed by atoms with van der Waals surface area (Å²) in [4.78, 5) is 13.3. The normalized spacial score (nSPS) is 10.1. The largest absolute Gasteiger partial charge is 0.459 e. The number of nitrogens with zero attached hydrogens (tertiary/aromatic N) is 1. The zero-order chi connectivity index (χ0) is 9.84. The molecule has 0 aliphatic carbocycles. The smallest absolute Gasteiger partial charge is 0.289 e. The number of amides is 1. The van der Waals surface area contributed by atoms with E-state index in [1.807, 2.05) is 6.92 Å². The number of furan rings is 1. The molecule has 0 saturated heterocycles. The van der Waals surface area contributed by atoms with Crippen molar-refractivity contribution in [3.63, 3.8) is 0 Å². The Hall–Kier alpha value is -0.770. The lowest BCUT2D eigenvalue weighted by Crippen LogP contribution is -2.28. The molecule has 3 nitrogen and oxygen atoms in total. The number of carbonyl (C=O) groups is 1. The first-order valence-corrected chi connectivity index (χ1v) is 5.14. The molecule has 0 radical (unpaired) electrons. The molecule has 0 unspecified atom stereocenters. The van der Waals surface area contributed by atoms with E-state index >= 15 is 0 Å². The Labute approximate surface area is 85.8 Å². The van der Waals surface area contributed by atoms with Gasteiger partial charge in [-0.15, -0.1) is 0 Å². The molecule has 0 fully saturated rings. The number of hydrogen-bond donors (Lipinski definition) is 0. The van der Waals surface area contributed by atoms with E-state index in [1.54, 1.807) is 18.0 Å². The van der Waals surface area contributed by atoms with E-state index in [4.69, 9.17) is 4.42 Å². The molecule has 0 saturated carbocycles. The van der Waals surface area contributed by atoms with Crippen LogP contribution in [0.1, 0.15) is 16.1 Å². The predicted octanol–water partition coefficient (Wildman–Crippen LogP) is 2.05.